The van der Waals surface area contributed by atoms with E-state index in [9.17, 15) is 9.59 Å². The Labute approximate surface area is 266 Å². The molecule has 234 valence electrons. The standard InChI is InChI=1S/C36H45ClN4O3/c1-28(42)44-36(31-13-15-32(37)16-14-31)20-25-41(26-21-36)24-8-19-35(29-9-4-2-5-10-29,30-11-6-3-7-12-30)27-39-34(43)40-33-17-22-38-23-18-33/h2-7,9-16,33,38H,8,17-27H2,1H3,(H2,39,40,43). The molecule has 3 aromatic rings. The Balaban J connectivity index is 1.29. The number of halogens is 1. The van der Waals surface area contributed by atoms with Crippen LogP contribution >= 0.6 is 11.6 Å². The third kappa shape index (κ3) is 8.00. The molecule has 2 heterocycles. The Bertz CT molecular complexity index is 1300. The highest BCUT2D eigenvalue weighted by Gasteiger charge is 2.40. The van der Waals surface area contributed by atoms with Gasteiger partial charge in [-0.3, -0.25) is 4.79 Å². The number of piperidine rings is 2. The van der Waals surface area contributed by atoms with Crippen molar-refractivity contribution in [3.8, 4) is 0 Å². The summed E-state index contributed by atoms with van der Waals surface area (Å²) in [6, 6.07) is 28.9. The summed E-state index contributed by atoms with van der Waals surface area (Å²) in [5, 5.41) is 10.5. The van der Waals surface area contributed by atoms with Crippen molar-refractivity contribution in [3.05, 3.63) is 107 Å². The molecule has 8 heteroatoms. The zero-order valence-corrected chi connectivity index (χ0v) is 26.5. The monoisotopic (exact) mass is 616 g/mol. The van der Waals surface area contributed by atoms with E-state index in [0.717, 1.165) is 76.8 Å². The van der Waals surface area contributed by atoms with Gasteiger partial charge in [-0.15, -0.1) is 0 Å². The van der Waals surface area contributed by atoms with E-state index < -0.39 is 5.60 Å². The fourth-order valence-electron chi connectivity index (χ4n) is 6.92. The van der Waals surface area contributed by atoms with Gasteiger partial charge in [0.2, 0.25) is 0 Å². The zero-order valence-electron chi connectivity index (χ0n) is 25.7. The van der Waals surface area contributed by atoms with E-state index >= 15 is 0 Å². The molecule has 0 radical (unpaired) electrons. The normalized spacial score (nSPS) is 17.5. The van der Waals surface area contributed by atoms with Crippen LogP contribution in [-0.4, -0.2) is 62.2 Å². The lowest BCUT2D eigenvalue weighted by Crippen LogP contribution is -2.50. The van der Waals surface area contributed by atoms with Crippen molar-refractivity contribution in [3.63, 3.8) is 0 Å². The molecule has 2 amide bonds. The molecule has 3 N–H and O–H groups in total. The van der Waals surface area contributed by atoms with Gasteiger partial charge in [-0.2, -0.15) is 0 Å². The molecule has 2 fully saturated rings. The van der Waals surface area contributed by atoms with Crippen LogP contribution in [0.25, 0.3) is 0 Å². The SMILES string of the molecule is CC(=O)OC1(c2ccc(Cl)cc2)CCN(CCCC(CNC(=O)NC2CCNCC2)(c2ccccc2)c2ccccc2)CC1. The largest absolute Gasteiger partial charge is 0.454 e. The number of esters is 1. The molecule has 0 aliphatic carbocycles. The highest BCUT2D eigenvalue weighted by molar-refractivity contribution is 6.30. The summed E-state index contributed by atoms with van der Waals surface area (Å²) in [6.45, 7) is 6.43. The van der Waals surface area contributed by atoms with E-state index in [1.54, 1.807) is 0 Å². The molecule has 2 saturated heterocycles. The predicted molar refractivity (Wildman–Crippen MR) is 176 cm³/mol. The van der Waals surface area contributed by atoms with Crippen LogP contribution in [0.1, 0.15) is 62.1 Å². The number of ether oxygens (including phenoxy) is 1. The van der Waals surface area contributed by atoms with Crippen LogP contribution in [0.15, 0.2) is 84.9 Å². The molecule has 5 rings (SSSR count). The van der Waals surface area contributed by atoms with Gasteiger partial charge in [-0.05, 0) is 74.1 Å². The molecule has 0 bridgehead atoms. The molecule has 0 aromatic heterocycles. The first-order valence-electron chi connectivity index (χ1n) is 15.9. The van der Waals surface area contributed by atoms with Crippen molar-refractivity contribution in [2.45, 2.75) is 62.5 Å². The van der Waals surface area contributed by atoms with Crippen molar-refractivity contribution < 1.29 is 14.3 Å². The lowest BCUT2D eigenvalue weighted by molar-refractivity contribution is -0.164. The summed E-state index contributed by atoms with van der Waals surface area (Å²) in [7, 11) is 0. The average molecular weight is 617 g/mol. The maximum absolute atomic E-state index is 13.1. The molecular formula is C36H45ClN4O3. The van der Waals surface area contributed by atoms with Gasteiger partial charge in [0.1, 0.15) is 5.60 Å². The van der Waals surface area contributed by atoms with Gasteiger partial charge in [0.05, 0.1) is 0 Å². The number of carbonyl (C=O) groups is 2. The second-order valence-electron chi connectivity index (χ2n) is 12.2. The molecule has 0 atom stereocenters. The van der Waals surface area contributed by atoms with E-state index in [1.807, 2.05) is 36.4 Å². The van der Waals surface area contributed by atoms with Crippen LogP contribution < -0.4 is 16.0 Å². The molecule has 2 aliphatic rings. The molecule has 44 heavy (non-hydrogen) atoms. The van der Waals surface area contributed by atoms with E-state index in [4.69, 9.17) is 16.3 Å². The number of rotatable bonds is 11. The number of nitrogens with one attached hydrogen (secondary N) is 3. The number of likely N-dealkylation sites (tertiary alicyclic amines) is 1. The van der Waals surface area contributed by atoms with E-state index in [2.05, 4.69) is 69.4 Å². The maximum Gasteiger partial charge on any atom is 0.315 e. The number of amides is 2. The summed E-state index contributed by atoms with van der Waals surface area (Å²) in [4.78, 5) is 27.7. The van der Waals surface area contributed by atoms with Gasteiger partial charge in [0.25, 0.3) is 0 Å². The van der Waals surface area contributed by atoms with E-state index in [0.29, 0.717) is 11.6 Å². The smallest absolute Gasteiger partial charge is 0.315 e. The number of urea groups is 1. The zero-order chi connectivity index (χ0) is 30.8. The number of nitrogens with zero attached hydrogens (tertiary/aromatic N) is 1. The number of hydrogen-bond acceptors (Lipinski definition) is 5. The Morgan fingerprint density at radius 3 is 2.09 bits per heavy atom. The molecule has 2 aliphatic heterocycles. The van der Waals surface area contributed by atoms with Crippen LogP contribution in [0, 0.1) is 0 Å². The number of benzene rings is 3. The lowest BCUT2D eigenvalue weighted by atomic mass is 9.71. The van der Waals surface area contributed by atoms with Gasteiger partial charge in [-0.25, -0.2) is 4.79 Å². The second-order valence-corrected chi connectivity index (χ2v) is 12.6. The van der Waals surface area contributed by atoms with Crippen LogP contribution in [0.5, 0.6) is 0 Å². The van der Waals surface area contributed by atoms with Gasteiger partial charge < -0.3 is 25.6 Å². The van der Waals surface area contributed by atoms with Crippen LogP contribution in [0.3, 0.4) is 0 Å². The van der Waals surface area contributed by atoms with Gasteiger partial charge in [-0.1, -0.05) is 84.4 Å². The van der Waals surface area contributed by atoms with Gasteiger partial charge in [0.15, 0.2) is 0 Å². The highest BCUT2D eigenvalue weighted by atomic mass is 35.5. The van der Waals surface area contributed by atoms with Crippen molar-refractivity contribution >= 4 is 23.6 Å². The Hall–Kier alpha value is -3.39. The highest BCUT2D eigenvalue weighted by Crippen LogP contribution is 2.39. The molecular weight excluding hydrogens is 572 g/mol. The maximum atomic E-state index is 13.1. The molecule has 3 aromatic carbocycles. The summed E-state index contributed by atoms with van der Waals surface area (Å²) < 4.78 is 5.98. The van der Waals surface area contributed by atoms with Crippen LogP contribution in [0.2, 0.25) is 5.02 Å². The minimum Gasteiger partial charge on any atom is -0.454 e. The first-order chi connectivity index (χ1) is 21.4. The third-order valence-electron chi connectivity index (χ3n) is 9.33. The minimum absolute atomic E-state index is 0.104. The number of carbonyl (C=O) groups excluding carboxylic acids is 2. The molecule has 0 saturated carbocycles. The Morgan fingerprint density at radius 1 is 0.932 bits per heavy atom. The number of hydrogen-bond donors (Lipinski definition) is 3. The summed E-state index contributed by atoms with van der Waals surface area (Å²) in [5.41, 5.74) is 2.38. The first-order valence-corrected chi connectivity index (χ1v) is 16.3. The molecule has 0 unspecified atom stereocenters. The fraction of sp³-hybridized carbons (Fsp3) is 0.444. The third-order valence-corrected chi connectivity index (χ3v) is 9.58. The Kier molecular flexibility index (Phi) is 11.0. The van der Waals surface area contributed by atoms with E-state index in [1.165, 1.54) is 18.1 Å². The van der Waals surface area contributed by atoms with Gasteiger partial charge in [0, 0.05) is 55.9 Å². The van der Waals surface area contributed by atoms with Crippen molar-refractivity contribution in [1.29, 1.82) is 0 Å². The van der Waals surface area contributed by atoms with Crippen LogP contribution in [0.4, 0.5) is 4.79 Å². The average Bonchev–Trinajstić information content (AvgIpc) is 3.05. The van der Waals surface area contributed by atoms with Crippen LogP contribution in [-0.2, 0) is 20.5 Å². The van der Waals surface area contributed by atoms with Crippen molar-refractivity contribution in [1.82, 2.24) is 20.9 Å². The first kappa shape index (κ1) is 32.0. The molecule has 0 spiro atoms. The quantitative estimate of drug-likeness (QED) is 0.230. The van der Waals surface area contributed by atoms with Crippen molar-refractivity contribution in [2.24, 2.45) is 0 Å². The summed E-state index contributed by atoms with van der Waals surface area (Å²) in [5.74, 6) is -0.263. The fourth-order valence-corrected chi connectivity index (χ4v) is 7.04. The second kappa shape index (κ2) is 15.1. The van der Waals surface area contributed by atoms with Gasteiger partial charge >= 0.3 is 12.0 Å². The Morgan fingerprint density at radius 2 is 1.52 bits per heavy atom. The predicted octanol–water partition coefficient (Wildman–Crippen LogP) is 6.01. The molecule has 7 nitrogen and oxygen atoms in total. The minimum atomic E-state index is -0.629. The van der Waals surface area contributed by atoms with Crippen molar-refractivity contribution in [2.75, 3.05) is 39.3 Å². The summed E-state index contributed by atoms with van der Waals surface area (Å²) >= 11 is 6.15. The topological polar surface area (TPSA) is 82.7 Å². The summed E-state index contributed by atoms with van der Waals surface area (Å²) in [6.07, 6.45) is 5.18. The van der Waals surface area contributed by atoms with E-state index in [-0.39, 0.29) is 23.5 Å². The lowest BCUT2D eigenvalue weighted by Gasteiger charge is -2.42.